The van der Waals surface area contributed by atoms with Gasteiger partial charge in [0.25, 0.3) is 5.91 Å². The molecule has 1 aliphatic rings. The van der Waals surface area contributed by atoms with Gasteiger partial charge in [0.1, 0.15) is 5.69 Å². The van der Waals surface area contributed by atoms with E-state index in [1.807, 2.05) is 0 Å². The molecule has 1 N–H and O–H groups in total. The van der Waals surface area contributed by atoms with Gasteiger partial charge in [-0.2, -0.15) is 5.10 Å². The molecule has 0 spiro atoms. The maximum absolute atomic E-state index is 12.1. The number of pyridine rings is 1. The van der Waals surface area contributed by atoms with Crippen LogP contribution in [0.4, 0.5) is 0 Å². The molecule has 1 fully saturated rings. The maximum Gasteiger partial charge on any atom is 0.270 e. The Bertz CT molecular complexity index is 642. The summed E-state index contributed by atoms with van der Waals surface area (Å²) in [5.74, 6) is 1.55. The number of nitrogens with zero attached hydrogens (tertiary/aromatic N) is 3. The average molecular weight is 290 g/mol. The van der Waals surface area contributed by atoms with E-state index < -0.39 is 10.8 Å². The largest absolute Gasteiger partial charge is 0.347 e. The fourth-order valence-electron chi connectivity index (χ4n) is 2.12. The number of nitrogens with one attached hydrogen (secondary N) is 1. The monoisotopic (exact) mass is 290 g/mol. The van der Waals surface area contributed by atoms with Gasteiger partial charge in [-0.05, 0) is 24.6 Å². The first-order valence-electron chi connectivity index (χ1n) is 6.35. The van der Waals surface area contributed by atoms with Gasteiger partial charge in [0.15, 0.2) is 5.82 Å². The molecule has 104 valence electrons. The van der Waals surface area contributed by atoms with Crippen LogP contribution in [-0.4, -0.2) is 42.4 Å². The highest BCUT2D eigenvalue weighted by Gasteiger charge is 2.23. The zero-order chi connectivity index (χ0) is 13.9. The standard InChI is InChI=1S/C13H14N4O2S/c18-13(15-10-5-8-20(19)9-10)11-3-1-4-12(16-11)17-7-2-6-14-17/h1-4,6-7,10H,5,8-9H2,(H,15,18)/t10-,20-/m1/s1. The van der Waals surface area contributed by atoms with Crippen LogP contribution in [0.5, 0.6) is 0 Å². The molecule has 0 aromatic carbocycles. The Morgan fingerprint density at radius 3 is 3.00 bits per heavy atom. The van der Waals surface area contributed by atoms with Crippen LogP contribution >= 0.6 is 0 Å². The van der Waals surface area contributed by atoms with Crippen LogP contribution in [0.2, 0.25) is 0 Å². The number of hydrogen-bond donors (Lipinski definition) is 1. The molecule has 2 atom stereocenters. The lowest BCUT2D eigenvalue weighted by Gasteiger charge is -2.11. The van der Waals surface area contributed by atoms with Gasteiger partial charge in [0.2, 0.25) is 0 Å². The molecule has 0 bridgehead atoms. The van der Waals surface area contributed by atoms with Crippen LogP contribution in [0.1, 0.15) is 16.9 Å². The molecule has 1 aliphatic heterocycles. The Hall–Kier alpha value is -2.02. The Labute approximate surface area is 118 Å². The highest BCUT2D eigenvalue weighted by Crippen LogP contribution is 2.09. The van der Waals surface area contributed by atoms with Gasteiger partial charge < -0.3 is 5.32 Å². The number of amides is 1. The minimum Gasteiger partial charge on any atom is -0.347 e. The van der Waals surface area contributed by atoms with Crippen LogP contribution < -0.4 is 5.32 Å². The third-order valence-corrected chi connectivity index (χ3v) is 4.59. The van der Waals surface area contributed by atoms with Crippen molar-refractivity contribution in [2.24, 2.45) is 0 Å². The summed E-state index contributed by atoms with van der Waals surface area (Å²) in [6.07, 6.45) is 4.18. The molecule has 0 unspecified atom stereocenters. The number of aromatic nitrogens is 3. The van der Waals surface area contributed by atoms with Crippen molar-refractivity contribution in [3.8, 4) is 5.82 Å². The Kier molecular flexibility index (Phi) is 3.60. The Morgan fingerprint density at radius 1 is 1.40 bits per heavy atom. The third-order valence-electron chi connectivity index (χ3n) is 3.12. The molecular weight excluding hydrogens is 276 g/mol. The van der Waals surface area contributed by atoms with Crippen molar-refractivity contribution in [3.05, 3.63) is 42.4 Å². The first-order chi connectivity index (χ1) is 9.72. The van der Waals surface area contributed by atoms with E-state index in [0.29, 0.717) is 23.0 Å². The molecule has 0 radical (unpaired) electrons. The van der Waals surface area contributed by atoms with Gasteiger partial charge in [-0.1, -0.05) is 6.07 Å². The molecule has 2 aromatic rings. The minimum atomic E-state index is -0.804. The molecule has 0 aliphatic carbocycles. The molecule has 0 saturated carbocycles. The van der Waals surface area contributed by atoms with E-state index in [4.69, 9.17) is 0 Å². The zero-order valence-corrected chi connectivity index (χ0v) is 11.5. The number of hydrogen-bond acceptors (Lipinski definition) is 4. The fourth-order valence-corrected chi connectivity index (χ4v) is 3.53. The highest BCUT2D eigenvalue weighted by molar-refractivity contribution is 7.85. The number of carbonyl (C=O) groups is 1. The predicted molar refractivity (Wildman–Crippen MR) is 75.1 cm³/mol. The molecular formula is C13H14N4O2S. The lowest BCUT2D eigenvalue weighted by atomic mass is 10.2. The Morgan fingerprint density at radius 2 is 2.30 bits per heavy atom. The lowest BCUT2D eigenvalue weighted by molar-refractivity contribution is 0.0936. The van der Waals surface area contributed by atoms with E-state index in [2.05, 4.69) is 15.4 Å². The van der Waals surface area contributed by atoms with Crippen LogP contribution in [-0.2, 0) is 10.8 Å². The van der Waals surface area contributed by atoms with Crippen molar-refractivity contribution in [1.82, 2.24) is 20.1 Å². The summed E-state index contributed by atoms with van der Waals surface area (Å²) < 4.78 is 12.9. The second-order valence-electron chi connectivity index (χ2n) is 4.60. The van der Waals surface area contributed by atoms with Gasteiger partial charge in [-0.25, -0.2) is 9.67 Å². The van der Waals surface area contributed by atoms with E-state index >= 15 is 0 Å². The summed E-state index contributed by atoms with van der Waals surface area (Å²) in [6, 6.07) is 7.00. The lowest BCUT2D eigenvalue weighted by Crippen LogP contribution is -2.35. The smallest absolute Gasteiger partial charge is 0.270 e. The van der Waals surface area contributed by atoms with Crippen LogP contribution in [0, 0.1) is 0 Å². The second kappa shape index (κ2) is 5.54. The molecule has 6 nitrogen and oxygen atoms in total. The van der Waals surface area contributed by atoms with Crippen molar-refractivity contribution >= 4 is 16.7 Å². The average Bonchev–Trinajstić information content (AvgIpc) is 3.11. The maximum atomic E-state index is 12.1. The summed E-state index contributed by atoms with van der Waals surface area (Å²) in [4.78, 5) is 16.4. The van der Waals surface area contributed by atoms with Crippen molar-refractivity contribution < 1.29 is 9.00 Å². The topological polar surface area (TPSA) is 76.9 Å². The van der Waals surface area contributed by atoms with Crippen molar-refractivity contribution in [3.63, 3.8) is 0 Å². The van der Waals surface area contributed by atoms with E-state index in [1.165, 1.54) is 0 Å². The summed E-state index contributed by atoms with van der Waals surface area (Å²) in [5, 5.41) is 6.96. The van der Waals surface area contributed by atoms with Gasteiger partial charge >= 0.3 is 0 Å². The summed E-state index contributed by atoms with van der Waals surface area (Å²) in [6.45, 7) is 0. The van der Waals surface area contributed by atoms with E-state index in [-0.39, 0.29) is 11.9 Å². The first-order valence-corrected chi connectivity index (χ1v) is 7.84. The molecule has 1 saturated heterocycles. The normalized spacial score (nSPS) is 21.8. The molecule has 3 heterocycles. The van der Waals surface area contributed by atoms with Gasteiger partial charge in [-0.3, -0.25) is 9.00 Å². The third kappa shape index (κ3) is 2.77. The summed E-state index contributed by atoms with van der Waals surface area (Å²) >= 11 is 0. The van der Waals surface area contributed by atoms with Gasteiger partial charge in [0, 0.05) is 40.7 Å². The summed E-state index contributed by atoms with van der Waals surface area (Å²) in [5.41, 5.74) is 0.343. The molecule has 2 aromatic heterocycles. The zero-order valence-electron chi connectivity index (χ0n) is 10.7. The predicted octanol–water partition coefficient (Wildman–Crippen LogP) is 0.518. The van der Waals surface area contributed by atoms with Crippen LogP contribution in [0.15, 0.2) is 36.7 Å². The number of carbonyl (C=O) groups excluding carboxylic acids is 1. The number of rotatable bonds is 3. The SMILES string of the molecule is O=C(N[C@@H]1CC[S@@](=O)C1)c1cccc(-n2cccn2)n1. The first kappa shape index (κ1) is 13.0. The van der Waals surface area contributed by atoms with Crippen molar-refractivity contribution in [1.29, 1.82) is 0 Å². The van der Waals surface area contributed by atoms with E-state index in [0.717, 1.165) is 6.42 Å². The fraction of sp³-hybridized carbons (Fsp3) is 0.308. The van der Waals surface area contributed by atoms with Crippen molar-refractivity contribution in [2.75, 3.05) is 11.5 Å². The van der Waals surface area contributed by atoms with E-state index in [1.54, 1.807) is 41.3 Å². The van der Waals surface area contributed by atoms with Crippen LogP contribution in [0.25, 0.3) is 5.82 Å². The minimum absolute atomic E-state index is 0.0153. The highest BCUT2D eigenvalue weighted by atomic mass is 32.2. The molecule has 1 amide bonds. The van der Waals surface area contributed by atoms with Gasteiger partial charge in [-0.15, -0.1) is 0 Å². The Balaban J connectivity index is 1.75. The second-order valence-corrected chi connectivity index (χ2v) is 6.22. The summed E-state index contributed by atoms with van der Waals surface area (Å²) in [7, 11) is -0.804. The molecule has 20 heavy (non-hydrogen) atoms. The molecule has 3 rings (SSSR count). The quantitative estimate of drug-likeness (QED) is 0.894. The molecule has 7 heteroatoms. The van der Waals surface area contributed by atoms with E-state index in [9.17, 15) is 9.00 Å². The van der Waals surface area contributed by atoms with Crippen LogP contribution in [0.3, 0.4) is 0 Å². The van der Waals surface area contributed by atoms with Gasteiger partial charge in [0.05, 0.1) is 0 Å². The van der Waals surface area contributed by atoms with Crippen molar-refractivity contribution in [2.45, 2.75) is 12.5 Å².